The zero-order valence-electron chi connectivity index (χ0n) is 15.7. The highest BCUT2D eigenvalue weighted by atomic mass is 35.5. The molecule has 0 radical (unpaired) electrons. The van der Waals surface area contributed by atoms with E-state index >= 15 is 0 Å². The quantitative estimate of drug-likeness (QED) is 0.578. The molecular formula is C23H23ClN2O. The number of aromatic nitrogens is 1. The van der Waals surface area contributed by atoms with Crippen molar-refractivity contribution in [2.24, 2.45) is 0 Å². The van der Waals surface area contributed by atoms with Gasteiger partial charge in [-0.15, -0.1) is 0 Å². The topological polar surface area (TPSA) is 25.2 Å². The Kier molecular flexibility index (Phi) is 4.79. The summed E-state index contributed by atoms with van der Waals surface area (Å²) in [5.74, 6) is 0.131. The van der Waals surface area contributed by atoms with Crippen molar-refractivity contribution >= 4 is 17.5 Å². The molecule has 0 aliphatic carbocycles. The lowest BCUT2D eigenvalue weighted by Crippen LogP contribution is -2.27. The van der Waals surface area contributed by atoms with Gasteiger partial charge in [-0.25, -0.2) is 0 Å². The number of halogens is 1. The fraction of sp³-hybridized carbons (Fsp3) is 0.261. The second-order valence-electron chi connectivity index (χ2n) is 7.21. The minimum absolute atomic E-state index is 0.131. The van der Waals surface area contributed by atoms with Gasteiger partial charge in [-0.1, -0.05) is 41.4 Å². The van der Waals surface area contributed by atoms with E-state index in [2.05, 4.69) is 35.8 Å². The van der Waals surface area contributed by atoms with Gasteiger partial charge in [0.25, 0.3) is 5.91 Å². The van der Waals surface area contributed by atoms with Crippen LogP contribution >= 0.6 is 11.6 Å². The van der Waals surface area contributed by atoms with Crippen molar-refractivity contribution < 1.29 is 4.79 Å². The van der Waals surface area contributed by atoms with Gasteiger partial charge in [0, 0.05) is 29.5 Å². The molecule has 3 aromatic rings. The molecule has 2 aromatic carbocycles. The van der Waals surface area contributed by atoms with Crippen molar-refractivity contribution in [1.29, 1.82) is 0 Å². The molecule has 4 rings (SSSR count). The first-order valence-electron chi connectivity index (χ1n) is 9.39. The van der Waals surface area contributed by atoms with Crippen LogP contribution in [0.3, 0.4) is 0 Å². The molecule has 1 aliphatic heterocycles. The Morgan fingerprint density at radius 2 is 1.56 bits per heavy atom. The van der Waals surface area contributed by atoms with E-state index in [1.807, 2.05) is 42.2 Å². The number of amides is 1. The average Bonchev–Trinajstić information content (AvgIpc) is 3.31. The minimum Gasteiger partial charge on any atom is -0.339 e. The monoisotopic (exact) mass is 378 g/mol. The third-order valence-corrected chi connectivity index (χ3v) is 5.55. The SMILES string of the molecule is Cc1ccc(-n2c(-c3ccc(Cl)cc3)cc(C(=O)N3CCCC3)c2C)cc1. The number of carbonyl (C=O) groups is 1. The molecule has 3 nitrogen and oxygen atoms in total. The first kappa shape index (κ1) is 17.9. The molecule has 0 atom stereocenters. The molecule has 0 N–H and O–H groups in total. The minimum atomic E-state index is 0.131. The number of rotatable bonds is 3. The zero-order chi connectivity index (χ0) is 19.0. The summed E-state index contributed by atoms with van der Waals surface area (Å²) in [6.45, 7) is 5.81. The van der Waals surface area contributed by atoms with Gasteiger partial charge in [-0.05, 0) is 62.6 Å². The molecule has 1 saturated heterocycles. The normalized spacial score (nSPS) is 14.0. The smallest absolute Gasteiger partial charge is 0.255 e. The molecule has 138 valence electrons. The molecule has 2 heterocycles. The van der Waals surface area contributed by atoms with Crippen molar-refractivity contribution in [1.82, 2.24) is 9.47 Å². The highest BCUT2D eigenvalue weighted by molar-refractivity contribution is 6.30. The summed E-state index contributed by atoms with van der Waals surface area (Å²) >= 11 is 6.08. The van der Waals surface area contributed by atoms with Crippen LogP contribution in [0.4, 0.5) is 0 Å². The Balaban J connectivity index is 1.87. The van der Waals surface area contributed by atoms with Crippen LogP contribution in [0, 0.1) is 13.8 Å². The number of aryl methyl sites for hydroxylation is 1. The van der Waals surface area contributed by atoms with Gasteiger partial charge >= 0.3 is 0 Å². The molecule has 0 unspecified atom stereocenters. The Morgan fingerprint density at radius 3 is 2.19 bits per heavy atom. The van der Waals surface area contributed by atoms with Crippen LogP contribution in [0.5, 0.6) is 0 Å². The second kappa shape index (κ2) is 7.24. The lowest BCUT2D eigenvalue weighted by atomic mass is 10.1. The fourth-order valence-electron chi connectivity index (χ4n) is 3.77. The lowest BCUT2D eigenvalue weighted by Gasteiger charge is -2.16. The van der Waals surface area contributed by atoms with Gasteiger partial charge < -0.3 is 9.47 Å². The van der Waals surface area contributed by atoms with Gasteiger partial charge in [0.1, 0.15) is 0 Å². The van der Waals surface area contributed by atoms with Crippen molar-refractivity contribution in [3.63, 3.8) is 0 Å². The maximum absolute atomic E-state index is 13.1. The van der Waals surface area contributed by atoms with Crippen LogP contribution in [0.2, 0.25) is 5.02 Å². The average molecular weight is 379 g/mol. The number of carbonyl (C=O) groups excluding carboxylic acids is 1. The van der Waals surface area contributed by atoms with Gasteiger partial charge in [0.15, 0.2) is 0 Å². The number of nitrogens with zero attached hydrogens (tertiary/aromatic N) is 2. The summed E-state index contributed by atoms with van der Waals surface area (Å²) in [6, 6.07) is 18.2. The first-order chi connectivity index (χ1) is 13.0. The van der Waals surface area contributed by atoms with Crippen molar-refractivity contribution in [2.75, 3.05) is 13.1 Å². The molecule has 0 spiro atoms. The third-order valence-electron chi connectivity index (χ3n) is 5.30. The van der Waals surface area contributed by atoms with Gasteiger partial charge in [-0.2, -0.15) is 0 Å². The molecule has 0 saturated carbocycles. The Hall–Kier alpha value is -2.52. The van der Waals surface area contributed by atoms with E-state index in [0.29, 0.717) is 5.02 Å². The highest BCUT2D eigenvalue weighted by Crippen LogP contribution is 2.31. The van der Waals surface area contributed by atoms with E-state index in [1.54, 1.807) is 0 Å². The molecule has 0 bridgehead atoms. The largest absolute Gasteiger partial charge is 0.339 e. The van der Waals surface area contributed by atoms with E-state index in [1.165, 1.54) is 5.56 Å². The molecule has 1 amide bonds. The number of hydrogen-bond donors (Lipinski definition) is 0. The maximum atomic E-state index is 13.1. The summed E-state index contributed by atoms with van der Waals surface area (Å²) < 4.78 is 2.17. The maximum Gasteiger partial charge on any atom is 0.255 e. The fourth-order valence-corrected chi connectivity index (χ4v) is 3.90. The summed E-state index contributed by atoms with van der Waals surface area (Å²) in [4.78, 5) is 15.1. The lowest BCUT2D eigenvalue weighted by molar-refractivity contribution is 0.0792. The van der Waals surface area contributed by atoms with Crippen LogP contribution in [-0.2, 0) is 0 Å². The van der Waals surface area contributed by atoms with Gasteiger partial charge in [-0.3, -0.25) is 4.79 Å². The first-order valence-corrected chi connectivity index (χ1v) is 9.77. The van der Waals surface area contributed by atoms with Crippen molar-refractivity contribution in [3.05, 3.63) is 76.4 Å². The number of hydrogen-bond acceptors (Lipinski definition) is 1. The molecule has 1 aliphatic rings. The second-order valence-corrected chi connectivity index (χ2v) is 7.64. The van der Waals surface area contributed by atoms with E-state index in [4.69, 9.17) is 11.6 Å². The molecular weight excluding hydrogens is 356 g/mol. The predicted molar refractivity (Wildman–Crippen MR) is 111 cm³/mol. The van der Waals surface area contributed by atoms with Crippen molar-refractivity contribution in [3.8, 4) is 16.9 Å². The summed E-state index contributed by atoms with van der Waals surface area (Å²) in [7, 11) is 0. The Labute approximate surface area is 165 Å². The van der Waals surface area contributed by atoms with Crippen molar-refractivity contribution in [2.45, 2.75) is 26.7 Å². The molecule has 27 heavy (non-hydrogen) atoms. The standard InChI is InChI=1S/C23H23ClN2O/c1-16-5-11-20(12-6-16)26-17(2)21(23(27)25-13-3-4-14-25)15-22(26)18-7-9-19(24)10-8-18/h5-12,15H,3-4,13-14H2,1-2H3. The summed E-state index contributed by atoms with van der Waals surface area (Å²) in [5.41, 5.74) is 6.08. The predicted octanol–water partition coefficient (Wildman–Crippen LogP) is 5.65. The zero-order valence-corrected chi connectivity index (χ0v) is 16.5. The van der Waals surface area contributed by atoms with Gasteiger partial charge in [0.05, 0.1) is 11.3 Å². The van der Waals surface area contributed by atoms with Gasteiger partial charge in [0.2, 0.25) is 0 Å². The summed E-state index contributed by atoms with van der Waals surface area (Å²) in [6.07, 6.45) is 2.18. The highest BCUT2D eigenvalue weighted by Gasteiger charge is 2.25. The third kappa shape index (κ3) is 3.40. The number of benzene rings is 2. The van der Waals surface area contributed by atoms with Crippen LogP contribution < -0.4 is 0 Å². The van der Waals surface area contributed by atoms with Crippen LogP contribution in [-0.4, -0.2) is 28.5 Å². The van der Waals surface area contributed by atoms with E-state index in [0.717, 1.165) is 54.1 Å². The van der Waals surface area contributed by atoms with E-state index in [-0.39, 0.29) is 5.91 Å². The van der Waals surface area contributed by atoms with E-state index in [9.17, 15) is 4.79 Å². The number of likely N-dealkylation sites (tertiary alicyclic amines) is 1. The van der Waals surface area contributed by atoms with Crippen LogP contribution in [0.15, 0.2) is 54.6 Å². The molecule has 4 heteroatoms. The summed E-state index contributed by atoms with van der Waals surface area (Å²) in [5, 5.41) is 0.706. The molecule has 1 fully saturated rings. The Bertz CT molecular complexity index is 965. The Morgan fingerprint density at radius 1 is 0.926 bits per heavy atom. The molecule has 1 aromatic heterocycles. The van der Waals surface area contributed by atoms with E-state index < -0.39 is 0 Å². The van der Waals surface area contributed by atoms with Crippen LogP contribution in [0.25, 0.3) is 16.9 Å². The van der Waals surface area contributed by atoms with Crippen LogP contribution in [0.1, 0.15) is 34.5 Å².